The molecule has 4 aromatic rings. The van der Waals surface area contributed by atoms with Crippen LogP contribution in [0.1, 0.15) is 0 Å². The molecule has 5 heteroatoms. The number of benzene rings is 2. The van der Waals surface area contributed by atoms with E-state index in [1.165, 1.54) is 11.3 Å². The monoisotopic (exact) mass is 279 g/mol. The molecule has 0 radical (unpaired) electrons. The van der Waals surface area contributed by atoms with E-state index in [9.17, 15) is 4.79 Å². The highest BCUT2D eigenvalue weighted by atomic mass is 32.1. The van der Waals surface area contributed by atoms with Crippen molar-refractivity contribution < 1.29 is 0 Å². The van der Waals surface area contributed by atoms with Crippen LogP contribution in [0.5, 0.6) is 0 Å². The number of fused-ring (bicyclic) bond motifs is 2. The van der Waals surface area contributed by atoms with Gasteiger partial charge in [0.25, 0.3) is 5.56 Å². The maximum Gasteiger partial charge on any atom is 0.259 e. The molecule has 0 fully saturated rings. The number of nitrogens with zero attached hydrogens (tertiary/aromatic N) is 2. The molecule has 0 bridgehead atoms. The fourth-order valence-electron chi connectivity index (χ4n) is 2.16. The Bertz CT molecular complexity index is 954. The lowest BCUT2D eigenvalue weighted by Crippen LogP contribution is -2.09. The van der Waals surface area contributed by atoms with Gasteiger partial charge in [-0.3, -0.25) is 4.79 Å². The molecule has 2 heterocycles. The van der Waals surface area contributed by atoms with E-state index in [2.05, 4.69) is 15.0 Å². The Morgan fingerprint density at radius 3 is 2.50 bits per heavy atom. The summed E-state index contributed by atoms with van der Waals surface area (Å²) in [5.74, 6) is 0.523. The van der Waals surface area contributed by atoms with Gasteiger partial charge < -0.3 is 4.98 Å². The van der Waals surface area contributed by atoms with Crippen LogP contribution in [0.3, 0.4) is 0 Å². The number of H-pyrrole nitrogens is 1. The number of nitrogens with one attached hydrogen (secondary N) is 1. The Labute approximate surface area is 117 Å². The standard InChI is InChI=1S/C15H9N3OS/c19-14-9-5-1-2-6-10(9)16-13(18-14)15-17-11-7-3-4-8-12(11)20-15/h1-8H,(H,16,18,19). The number of thiazole rings is 1. The summed E-state index contributed by atoms with van der Waals surface area (Å²) in [6, 6.07) is 15.2. The number of hydrogen-bond donors (Lipinski definition) is 1. The molecule has 4 rings (SSSR count). The SMILES string of the molecule is O=c1[nH]c(-c2nc3ccccc3s2)nc2ccccc12. The fourth-order valence-corrected chi connectivity index (χ4v) is 3.07. The van der Waals surface area contributed by atoms with Crippen molar-refractivity contribution in [2.75, 3.05) is 0 Å². The first-order valence-corrected chi connectivity index (χ1v) is 6.98. The smallest absolute Gasteiger partial charge is 0.259 e. The van der Waals surface area contributed by atoms with Crippen LogP contribution in [0.25, 0.3) is 32.0 Å². The van der Waals surface area contributed by atoms with Gasteiger partial charge in [0.05, 0.1) is 21.1 Å². The van der Waals surface area contributed by atoms with Crippen molar-refractivity contribution in [1.29, 1.82) is 0 Å². The summed E-state index contributed by atoms with van der Waals surface area (Å²) < 4.78 is 1.08. The molecule has 0 atom stereocenters. The van der Waals surface area contributed by atoms with Gasteiger partial charge in [-0.2, -0.15) is 0 Å². The maximum absolute atomic E-state index is 12.1. The van der Waals surface area contributed by atoms with Gasteiger partial charge in [0.2, 0.25) is 0 Å². The minimum atomic E-state index is -0.134. The third-order valence-corrected chi connectivity index (χ3v) is 4.15. The van der Waals surface area contributed by atoms with Crippen LogP contribution < -0.4 is 5.56 Å². The first kappa shape index (κ1) is 11.3. The minimum Gasteiger partial charge on any atom is -0.304 e. The van der Waals surface area contributed by atoms with Gasteiger partial charge >= 0.3 is 0 Å². The molecular weight excluding hydrogens is 270 g/mol. The predicted molar refractivity (Wildman–Crippen MR) is 81.0 cm³/mol. The van der Waals surface area contributed by atoms with Crippen molar-refractivity contribution in [3.05, 3.63) is 58.9 Å². The van der Waals surface area contributed by atoms with Crippen LogP contribution in [0, 0.1) is 0 Å². The molecule has 0 saturated heterocycles. The number of para-hydroxylation sites is 2. The normalized spacial score (nSPS) is 11.2. The second-order valence-corrected chi connectivity index (χ2v) is 5.45. The molecule has 0 aliphatic heterocycles. The third-order valence-electron chi connectivity index (χ3n) is 3.11. The van der Waals surface area contributed by atoms with Crippen LogP contribution in [0.15, 0.2) is 53.3 Å². The third kappa shape index (κ3) is 1.71. The summed E-state index contributed by atoms with van der Waals surface area (Å²) in [6.45, 7) is 0. The van der Waals surface area contributed by atoms with Gasteiger partial charge in [0, 0.05) is 0 Å². The van der Waals surface area contributed by atoms with Crippen LogP contribution in [-0.4, -0.2) is 15.0 Å². The summed E-state index contributed by atoms with van der Waals surface area (Å²) in [5.41, 5.74) is 1.47. The van der Waals surface area contributed by atoms with E-state index in [0.29, 0.717) is 16.7 Å². The molecule has 20 heavy (non-hydrogen) atoms. The summed E-state index contributed by atoms with van der Waals surface area (Å²) in [4.78, 5) is 23.9. The Morgan fingerprint density at radius 1 is 0.900 bits per heavy atom. The Balaban J connectivity index is 1.99. The number of hydrogen-bond acceptors (Lipinski definition) is 4. The largest absolute Gasteiger partial charge is 0.304 e. The molecule has 0 spiro atoms. The lowest BCUT2D eigenvalue weighted by molar-refractivity contribution is 1.17. The summed E-state index contributed by atoms with van der Waals surface area (Å²) in [7, 11) is 0. The molecule has 96 valence electrons. The summed E-state index contributed by atoms with van der Waals surface area (Å²) >= 11 is 1.52. The van der Waals surface area contributed by atoms with E-state index in [4.69, 9.17) is 0 Å². The molecule has 0 unspecified atom stereocenters. The van der Waals surface area contributed by atoms with E-state index < -0.39 is 0 Å². The average molecular weight is 279 g/mol. The second-order valence-electron chi connectivity index (χ2n) is 4.42. The van der Waals surface area contributed by atoms with E-state index in [0.717, 1.165) is 15.2 Å². The molecule has 0 aliphatic carbocycles. The van der Waals surface area contributed by atoms with Crippen LogP contribution in [0.4, 0.5) is 0 Å². The average Bonchev–Trinajstić information content (AvgIpc) is 2.91. The van der Waals surface area contributed by atoms with Crippen molar-refractivity contribution in [1.82, 2.24) is 15.0 Å². The lowest BCUT2D eigenvalue weighted by Gasteiger charge is -1.99. The van der Waals surface area contributed by atoms with E-state index in [1.54, 1.807) is 6.07 Å². The molecule has 4 nitrogen and oxygen atoms in total. The van der Waals surface area contributed by atoms with Crippen LogP contribution in [0.2, 0.25) is 0 Å². The van der Waals surface area contributed by atoms with E-state index >= 15 is 0 Å². The molecule has 0 aliphatic rings. The van der Waals surface area contributed by atoms with Gasteiger partial charge in [0.15, 0.2) is 10.8 Å². The van der Waals surface area contributed by atoms with Crippen LogP contribution in [-0.2, 0) is 0 Å². The summed E-state index contributed by atoms with van der Waals surface area (Å²) in [5, 5.41) is 1.33. The highest BCUT2D eigenvalue weighted by Crippen LogP contribution is 2.27. The number of aromatic nitrogens is 3. The molecule has 0 saturated carbocycles. The van der Waals surface area contributed by atoms with Gasteiger partial charge in [-0.25, -0.2) is 9.97 Å². The summed E-state index contributed by atoms with van der Waals surface area (Å²) in [6.07, 6.45) is 0. The van der Waals surface area contributed by atoms with Gasteiger partial charge in [-0.05, 0) is 24.3 Å². The maximum atomic E-state index is 12.1. The quantitative estimate of drug-likeness (QED) is 0.582. The Hall–Kier alpha value is -2.53. The predicted octanol–water partition coefficient (Wildman–Crippen LogP) is 3.20. The van der Waals surface area contributed by atoms with E-state index in [-0.39, 0.29) is 5.56 Å². The highest BCUT2D eigenvalue weighted by molar-refractivity contribution is 7.21. The second kappa shape index (κ2) is 4.25. The van der Waals surface area contributed by atoms with Gasteiger partial charge in [-0.15, -0.1) is 11.3 Å². The zero-order valence-electron chi connectivity index (χ0n) is 10.3. The topological polar surface area (TPSA) is 58.6 Å². The van der Waals surface area contributed by atoms with Gasteiger partial charge in [-0.1, -0.05) is 24.3 Å². The first-order valence-electron chi connectivity index (χ1n) is 6.16. The molecule has 2 aromatic carbocycles. The van der Waals surface area contributed by atoms with Crippen molar-refractivity contribution in [2.24, 2.45) is 0 Å². The first-order chi connectivity index (χ1) is 9.81. The van der Waals surface area contributed by atoms with Crippen LogP contribution >= 0.6 is 11.3 Å². The fraction of sp³-hybridized carbons (Fsp3) is 0. The van der Waals surface area contributed by atoms with Crippen molar-refractivity contribution in [2.45, 2.75) is 0 Å². The zero-order valence-corrected chi connectivity index (χ0v) is 11.1. The molecular formula is C15H9N3OS. The number of aromatic amines is 1. The molecule has 2 aromatic heterocycles. The van der Waals surface area contributed by atoms with Gasteiger partial charge in [0.1, 0.15) is 0 Å². The van der Waals surface area contributed by atoms with Crippen molar-refractivity contribution in [3.63, 3.8) is 0 Å². The Kier molecular flexibility index (Phi) is 2.40. The number of rotatable bonds is 1. The van der Waals surface area contributed by atoms with Crippen molar-refractivity contribution >= 4 is 32.5 Å². The minimum absolute atomic E-state index is 0.134. The Morgan fingerprint density at radius 2 is 1.65 bits per heavy atom. The lowest BCUT2D eigenvalue weighted by atomic mass is 10.2. The zero-order chi connectivity index (χ0) is 13.5. The molecule has 1 N–H and O–H groups in total. The molecule has 0 amide bonds. The highest BCUT2D eigenvalue weighted by Gasteiger charge is 2.10. The van der Waals surface area contributed by atoms with Crippen molar-refractivity contribution in [3.8, 4) is 10.8 Å². The van der Waals surface area contributed by atoms with E-state index in [1.807, 2.05) is 42.5 Å².